The van der Waals surface area contributed by atoms with Crippen LogP contribution in [0.15, 0.2) is 29.8 Å². The Hall–Kier alpha value is -1.29. The molecule has 2 nitrogen and oxygen atoms in total. The third kappa shape index (κ3) is 3.40. The van der Waals surface area contributed by atoms with Crippen LogP contribution >= 0.6 is 11.6 Å². The van der Waals surface area contributed by atoms with Crippen LogP contribution in [-0.2, 0) is 0 Å². The van der Waals surface area contributed by atoms with Crippen molar-refractivity contribution in [2.45, 2.75) is 6.43 Å². The van der Waals surface area contributed by atoms with Crippen molar-refractivity contribution in [1.29, 1.82) is 0 Å². The van der Waals surface area contributed by atoms with Crippen LogP contribution < -0.4 is 11.1 Å². The second-order valence-corrected chi connectivity index (χ2v) is 3.55. The van der Waals surface area contributed by atoms with Gasteiger partial charge in [-0.2, -0.15) is 0 Å². The summed E-state index contributed by atoms with van der Waals surface area (Å²) in [6, 6.07) is 4.28. The Balaban J connectivity index is 2.90. The van der Waals surface area contributed by atoms with Gasteiger partial charge in [-0.3, -0.25) is 0 Å². The lowest BCUT2D eigenvalue weighted by Gasteiger charge is -2.11. The summed E-state index contributed by atoms with van der Waals surface area (Å²) < 4.78 is 25.2. The number of nitrogens with two attached hydrogens (primary N) is 1. The molecule has 0 saturated carbocycles. The number of halogens is 3. The van der Waals surface area contributed by atoms with Gasteiger partial charge in [0, 0.05) is 22.0 Å². The highest BCUT2D eigenvalue weighted by Crippen LogP contribution is 2.29. The van der Waals surface area contributed by atoms with Crippen molar-refractivity contribution in [2.24, 2.45) is 0 Å². The van der Waals surface area contributed by atoms with Crippen LogP contribution in [-0.4, -0.2) is 6.54 Å². The molecule has 0 aliphatic carbocycles. The van der Waals surface area contributed by atoms with Crippen molar-refractivity contribution in [2.75, 3.05) is 17.6 Å². The maximum Gasteiger partial charge on any atom is 0.265 e. The molecule has 0 saturated heterocycles. The molecule has 0 amide bonds. The number of nitrogen functional groups attached to an aromatic ring is 1. The molecule has 0 heterocycles. The van der Waals surface area contributed by atoms with Crippen molar-refractivity contribution in [3.05, 3.63) is 35.4 Å². The first-order valence-electron chi connectivity index (χ1n) is 4.25. The van der Waals surface area contributed by atoms with Crippen LogP contribution in [0.2, 0.25) is 0 Å². The van der Waals surface area contributed by atoms with Crippen molar-refractivity contribution in [3.8, 4) is 0 Å². The highest BCUT2D eigenvalue weighted by molar-refractivity contribution is 6.29. The summed E-state index contributed by atoms with van der Waals surface area (Å²) in [5.74, 6) is 0. The number of benzene rings is 1. The smallest absolute Gasteiger partial charge is 0.265 e. The molecule has 0 aliphatic rings. The van der Waals surface area contributed by atoms with Crippen molar-refractivity contribution in [1.82, 2.24) is 0 Å². The quantitative estimate of drug-likeness (QED) is 0.781. The molecule has 82 valence electrons. The molecule has 0 radical (unpaired) electrons. The minimum absolute atomic E-state index is 0.132. The molecule has 1 aromatic carbocycles. The second kappa shape index (κ2) is 4.98. The van der Waals surface area contributed by atoms with E-state index in [2.05, 4.69) is 11.9 Å². The van der Waals surface area contributed by atoms with Crippen molar-refractivity contribution in [3.63, 3.8) is 0 Å². The fourth-order valence-corrected chi connectivity index (χ4v) is 1.18. The lowest BCUT2D eigenvalue weighted by Crippen LogP contribution is -2.04. The van der Waals surface area contributed by atoms with Crippen LogP contribution in [0.4, 0.5) is 20.2 Å². The van der Waals surface area contributed by atoms with E-state index < -0.39 is 6.43 Å². The van der Waals surface area contributed by atoms with Gasteiger partial charge < -0.3 is 11.1 Å². The van der Waals surface area contributed by atoms with Gasteiger partial charge in [-0.15, -0.1) is 0 Å². The number of hydrogen-bond donors (Lipinski definition) is 2. The predicted molar refractivity (Wildman–Crippen MR) is 59.3 cm³/mol. The van der Waals surface area contributed by atoms with Gasteiger partial charge >= 0.3 is 0 Å². The largest absolute Gasteiger partial charge is 0.399 e. The molecule has 0 aromatic heterocycles. The van der Waals surface area contributed by atoms with Crippen molar-refractivity contribution >= 4 is 23.0 Å². The lowest BCUT2D eigenvalue weighted by atomic mass is 10.1. The first kappa shape index (κ1) is 11.8. The molecule has 5 heteroatoms. The van der Waals surface area contributed by atoms with Gasteiger partial charge in [-0.1, -0.05) is 18.2 Å². The number of nitrogens with one attached hydrogen (secondary N) is 1. The van der Waals surface area contributed by atoms with E-state index in [0.717, 1.165) is 0 Å². The molecule has 1 aromatic rings. The van der Waals surface area contributed by atoms with E-state index >= 15 is 0 Å². The molecule has 0 fully saturated rings. The topological polar surface area (TPSA) is 38.0 Å². The van der Waals surface area contributed by atoms with E-state index in [1.165, 1.54) is 12.1 Å². The third-order valence-corrected chi connectivity index (χ3v) is 1.92. The number of rotatable bonds is 4. The van der Waals surface area contributed by atoms with Gasteiger partial charge in [-0.25, -0.2) is 8.78 Å². The minimum Gasteiger partial charge on any atom is -0.399 e. The highest BCUT2D eigenvalue weighted by atomic mass is 35.5. The normalized spacial score (nSPS) is 10.4. The first-order valence-corrected chi connectivity index (χ1v) is 4.63. The Morgan fingerprint density at radius 2 is 2.20 bits per heavy atom. The van der Waals surface area contributed by atoms with Crippen LogP contribution in [0, 0.1) is 0 Å². The van der Waals surface area contributed by atoms with Crippen LogP contribution in [0.5, 0.6) is 0 Å². The van der Waals surface area contributed by atoms with Crippen molar-refractivity contribution < 1.29 is 8.78 Å². The minimum atomic E-state index is -2.57. The zero-order valence-corrected chi connectivity index (χ0v) is 8.69. The Labute approximate surface area is 91.7 Å². The molecule has 0 unspecified atom stereocenters. The van der Waals surface area contributed by atoms with E-state index in [0.29, 0.717) is 16.4 Å². The summed E-state index contributed by atoms with van der Waals surface area (Å²) in [7, 11) is 0. The number of hydrogen-bond acceptors (Lipinski definition) is 2. The fraction of sp³-hybridized carbons (Fsp3) is 0.200. The van der Waals surface area contributed by atoms with Crippen LogP contribution in [0.1, 0.15) is 12.0 Å². The standard InChI is InChI=1S/C10H11ClF2N2/c1-6(11)5-15-9-3-2-7(14)4-8(9)10(12)13/h2-4,10,15H,1,5,14H2. The summed E-state index contributed by atoms with van der Waals surface area (Å²) in [6.07, 6.45) is -2.57. The average Bonchev–Trinajstić information content (AvgIpc) is 2.15. The summed E-state index contributed by atoms with van der Waals surface area (Å²) in [4.78, 5) is 0. The second-order valence-electron chi connectivity index (χ2n) is 3.02. The average molecular weight is 233 g/mol. The fourth-order valence-electron chi connectivity index (χ4n) is 1.11. The number of anilines is 2. The summed E-state index contributed by atoms with van der Waals surface area (Å²) in [5, 5.41) is 3.11. The number of alkyl halides is 2. The van der Waals surface area contributed by atoms with Gasteiger partial charge in [0.2, 0.25) is 0 Å². The zero-order chi connectivity index (χ0) is 11.4. The molecular weight excluding hydrogens is 222 g/mol. The molecule has 0 bridgehead atoms. The third-order valence-electron chi connectivity index (χ3n) is 1.78. The Kier molecular flexibility index (Phi) is 3.91. The molecule has 3 N–H and O–H groups in total. The Morgan fingerprint density at radius 1 is 1.53 bits per heavy atom. The van der Waals surface area contributed by atoms with E-state index in [4.69, 9.17) is 17.3 Å². The Morgan fingerprint density at radius 3 is 2.73 bits per heavy atom. The molecule has 0 atom stereocenters. The van der Waals surface area contributed by atoms with E-state index in [1.54, 1.807) is 6.07 Å². The lowest BCUT2D eigenvalue weighted by molar-refractivity contribution is 0.152. The molecule has 0 aliphatic heterocycles. The van der Waals surface area contributed by atoms with Gasteiger partial charge in [0.05, 0.1) is 6.54 Å². The summed E-state index contributed by atoms with van der Waals surface area (Å²) >= 11 is 5.52. The maximum atomic E-state index is 12.6. The van der Waals surface area contributed by atoms with Gasteiger partial charge in [0.25, 0.3) is 6.43 Å². The molecule has 0 spiro atoms. The maximum absolute atomic E-state index is 12.6. The van der Waals surface area contributed by atoms with Crippen LogP contribution in [0.3, 0.4) is 0 Å². The summed E-state index contributed by atoms with van der Waals surface area (Å²) in [5.41, 5.74) is 5.91. The predicted octanol–water partition coefficient (Wildman–Crippen LogP) is 3.37. The molecular formula is C10H11ClF2N2. The summed E-state index contributed by atoms with van der Waals surface area (Å²) in [6.45, 7) is 3.69. The van der Waals surface area contributed by atoms with Gasteiger partial charge in [0.15, 0.2) is 0 Å². The van der Waals surface area contributed by atoms with E-state index in [1.807, 2.05) is 0 Å². The van der Waals surface area contributed by atoms with Gasteiger partial charge in [0.1, 0.15) is 0 Å². The zero-order valence-electron chi connectivity index (χ0n) is 7.93. The Bertz CT molecular complexity index is 366. The molecule has 1 rings (SSSR count). The van der Waals surface area contributed by atoms with E-state index in [9.17, 15) is 8.78 Å². The van der Waals surface area contributed by atoms with Crippen LogP contribution in [0.25, 0.3) is 0 Å². The monoisotopic (exact) mass is 232 g/mol. The first-order chi connectivity index (χ1) is 7.00. The molecule has 15 heavy (non-hydrogen) atoms. The van der Waals surface area contributed by atoms with E-state index in [-0.39, 0.29) is 12.1 Å². The van der Waals surface area contributed by atoms with Gasteiger partial charge in [-0.05, 0) is 18.2 Å². The highest BCUT2D eigenvalue weighted by Gasteiger charge is 2.12. The SMILES string of the molecule is C=C(Cl)CNc1ccc(N)cc1C(F)F.